The molecule has 2 aliphatic rings. The van der Waals surface area contributed by atoms with Crippen LogP contribution in [0.1, 0.15) is 43.4 Å². The Hall–Kier alpha value is -0.900. The summed E-state index contributed by atoms with van der Waals surface area (Å²) >= 11 is 0. The van der Waals surface area contributed by atoms with E-state index in [0.29, 0.717) is 0 Å². The summed E-state index contributed by atoms with van der Waals surface area (Å²) in [4.78, 5) is 0. The first-order valence-corrected chi connectivity index (χ1v) is 5.49. The molecule has 0 N–H and O–H groups in total. The van der Waals surface area contributed by atoms with Gasteiger partial charge in [0.15, 0.2) is 5.82 Å². The average Bonchev–Trinajstić information content (AvgIpc) is 2.85. The maximum absolute atomic E-state index is 5.64. The fourth-order valence-corrected chi connectivity index (χ4v) is 2.35. The maximum atomic E-state index is 5.64. The monoisotopic (exact) mass is 193 g/mol. The van der Waals surface area contributed by atoms with Crippen molar-refractivity contribution < 1.29 is 4.74 Å². The van der Waals surface area contributed by atoms with Gasteiger partial charge in [0.05, 0.1) is 0 Å². The van der Waals surface area contributed by atoms with Gasteiger partial charge in [-0.3, -0.25) is 0 Å². The summed E-state index contributed by atoms with van der Waals surface area (Å²) in [5.41, 5.74) is 0. The third-order valence-electron chi connectivity index (χ3n) is 3.11. The summed E-state index contributed by atoms with van der Waals surface area (Å²) < 4.78 is 7.90. The Morgan fingerprint density at radius 3 is 3.07 bits per heavy atom. The van der Waals surface area contributed by atoms with E-state index >= 15 is 0 Å². The first kappa shape index (κ1) is 8.41. The van der Waals surface area contributed by atoms with E-state index in [2.05, 4.69) is 14.8 Å². The minimum Gasteiger partial charge on any atom is -0.370 e. The number of hydrogen-bond donors (Lipinski definition) is 0. The van der Waals surface area contributed by atoms with Gasteiger partial charge < -0.3 is 9.30 Å². The molecule has 1 unspecified atom stereocenters. The van der Waals surface area contributed by atoms with E-state index in [1.54, 1.807) is 0 Å². The Labute approximate surface area is 83.3 Å². The number of fused-ring (bicyclic) bond motifs is 1. The highest BCUT2D eigenvalue weighted by atomic mass is 16.5. The molecule has 1 atom stereocenters. The number of aryl methyl sites for hydroxylation is 1. The first-order chi connectivity index (χ1) is 6.95. The second-order valence-electron chi connectivity index (χ2n) is 4.08. The van der Waals surface area contributed by atoms with Crippen molar-refractivity contribution in [1.82, 2.24) is 14.8 Å². The van der Waals surface area contributed by atoms with Gasteiger partial charge in [0.2, 0.25) is 0 Å². The highest BCUT2D eigenvalue weighted by molar-refractivity contribution is 5.02. The quantitative estimate of drug-likeness (QED) is 0.678. The largest absolute Gasteiger partial charge is 0.370 e. The number of rotatable bonds is 1. The van der Waals surface area contributed by atoms with Crippen LogP contribution in [0.4, 0.5) is 0 Å². The van der Waals surface area contributed by atoms with Gasteiger partial charge in [-0.25, -0.2) is 0 Å². The zero-order valence-electron chi connectivity index (χ0n) is 8.28. The maximum Gasteiger partial charge on any atom is 0.162 e. The minimum absolute atomic E-state index is 0.217. The van der Waals surface area contributed by atoms with Crippen molar-refractivity contribution in [2.75, 3.05) is 6.61 Å². The molecular weight excluding hydrogens is 178 g/mol. The second kappa shape index (κ2) is 3.35. The van der Waals surface area contributed by atoms with E-state index in [9.17, 15) is 0 Å². The zero-order chi connectivity index (χ0) is 9.38. The van der Waals surface area contributed by atoms with Crippen LogP contribution in [0.3, 0.4) is 0 Å². The average molecular weight is 193 g/mol. The van der Waals surface area contributed by atoms with Crippen LogP contribution in [-0.4, -0.2) is 21.4 Å². The van der Waals surface area contributed by atoms with Gasteiger partial charge in [-0.15, -0.1) is 10.2 Å². The van der Waals surface area contributed by atoms with Gasteiger partial charge in [-0.05, 0) is 25.7 Å². The number of nitrogens with zero attached hydrogens (tertiary/aromatic N) is 3. The number of hydrogen-bond acceptors (Lipinski definition) is 3. The summed E-state index contributed by atoms with van der Waals surface area (Å²) in [6.07, 6.45) is 6.08. The predicted octanol–water partition coefficient (Wildman–Crippen LogP) is 1.47. The molecule has 0 radical (unpaired) electrons. The van der Waals surface area contributed by atoms with Crippen LogP contribution >= 0.6 is 0 Å². The summed E-state index contributed by atoms with van der Waals surface area (Å²) in [6, 6.07) is 0. The van der Waals surface area contributed by atoms with Crippen LogP contribution in [0.2, 0.25) is 0 Å². The molecule has 4 nitrogen and oxygen atoms in total. The van der Waals surface area contributed by atoms with Crippen LogP contribution in [0, 0.1) is 0 Å². The standard InChI is InChI=1S/C10H15N3O/c1-2-6-13-9(5-1)11-12-10(13)8-4-3-7-14-8/h8H,1-7H2. The van der Waals surface area contributed by atoms with Crippen molar-refractivity contribution in [2.45, 2.75) is 44.8 Å². The molecule has 0 bridgehead atoms. The fourth-order valence-electron chi connectivity index (χ4n) is 2.35. The second-order valence-corrected chi connectivity index (χ2v) is 4.08. The third-order valence-corrected chi connectivity index (χ3v) is 3.11. The number of aromatic nitrogens is 3. The zero-order valence-corrected chi connectivity index (χ0v) is 8.28. The molecule has 1 aromatic heterocycles. The lowest BCUT2D eigenvalue weighted by Crippen LogP contribution is -2.15. The van der Waals surface area contributed by atoms with Gasteiger partial charge in [0, 0.05) is 19.6 Å². The van der Waals surface area contributed by atoms with Crippen LogP contribution < -0.4 is 0 Å². The molecule has 0 spiro atoms. The van der Waals surface area contributed by atoms with Crippen LogP contribution in [0.25, 0.3) is 0 Å². The molecule has 0 saturated carbocycles. The summed E-state index contributed by atoms with van der Waals surface area (Å²) in [7, 11) is 0. The Kier molecular flexibility index (Phi) is 2.01. The highest BCUT2D eigenvalue weighted by Crippen LogP contribution is 2.29. The van der Waals surface area contributed by atoms with E-state index in [-0.39, 0.29) is 6.10 Å². The molecular formula is C10H15N3O. The fraction of sp³-hybridized carbons (Fsp3) is 0.800. The third kappa shape index (κ3) is 1.25. The molecule has 0 aliphatic carbocycles. The summed E-state index contributed by atoms with van der Waals surface area (Å²) in [5.74, 6) is 2.22. The molecule has 1 saturated heterocycles. The lowest BCUT2D eigenvalue weighted by molar-refractivity contribution is 0.101. The summed E-state index contributed by atoms with van der Waals surface area (Å²) in [5, 5.41) is 8.50. The van der Waals surface area contributed by atoms with Crippen molar-refractivity contribution >= 4 is 0 Å². The van der Waals surface area contributed by atoms with Gasteiger partial charge in [0.25, 0.3) is 0 Å². The SMILES string of the molecule is C1CCn2c(nnc2C2CCCO2)C1. The molecule has 0 amide bonds. The number of ether oxygens (including phenoxy) is 1. The molecule has 3 rings (SSSR count). The van der Waals surface area contributed by atoms with Crippen LogP contribution in [0.15, 0.2) is 0 Å². The molecule has 0 aromatic carbocycles. The smallest absolute Gasteiger partial charge is 0.162 e. The van der Waals surface area contributed by atoms with Crippen molar-refractivity contribution in [2.24, 2.45) is 0 Å². The molecule has 1 fully saturated rings. The van der Waals surface area contributed by atoms with Gasteiger partial charge >= 0.3 is 0 Å². The molecule has 76 valence electrons. The van der Waals surface area contributed by atoms with Crippen molar-refractivity contribution in [3.05, 3.63) is 11.6 Å². The van der Waals surface area contributed by atoms with Gasteiger partial charge in [-0.1, -0.05) is 0 Å². The Balaban J connectivity index is 1.93. The van der Waals surface area contributed by atoms with E-state index in [0.717, 1.165) is 44.1 Å². The highest BCUT2D eigenvalue weighted by Gasteiger charge is 2.25. The van der Waals surface area contributed by atoms with E-state index in [1.165, 1.54) is 12.8 Å². The topological polar surface area (TPSA) is 39.9 Å². The van der Waals surface area contributed by atoms with E-state index in [1.807, 2.05) is 0 Å². The van der Waals surface area contributed by atoms with Crippen molar-refractivity contribution in [3.8, 4) is 0 Å². The summed E-state index contributed by atoms with van der Waals surface area (Å²) in [6.45, 7) is 1.96. The Morgan fingerprint density at radius 2 is 2.21 bits per heavy atom. The van der Waals surface area contributed by atoms with E-state index in [4.69, 9.17) is 4.74 Å². The molecule has 2 aliphatic heterocycles. The first-order valence-electron chi connectivity index (χ1n) is 5.49. The van der Waals surface area contributed by atoms with E-state index < -0.39 is 0 Å². The van der Waals surface area contributed by atoms with Crippen molar-refractivity contribution in [3.63, 3.8) is 0 Å². The molecule has 3 heterocycles. The lowest BCUT2D eigenvalue weighted by Gasteiger charge is -2.16. The predicted molar refractivity (Wildman–Crippen MR) is 50.9 cm³/mol. The van der Waals surface area contributed by atoms with Crippen molar-refractivity contribution in [1.29, 1.82) is 0 Å². The van der Waals surface area contributed by atoms with Gasteiger partial charge in [0.1, 0.15) is 11.9 Å². The molecule has 14 heavy (non-hydrogen) atoms. The minimum atomic E-state index is 0.217. The molecule has 1 aromatic rings. The normalized spacial score (nSPS) is 26.4. The Morgan fingerprint density at radius 1 is 1.21 bits per heavy atom. The lowest BCUT2D eigenvalue weighted by atomic mass is 10.1. The van der Waals surface area contributed by atoms with Gasteiger partial charge in [-0.2, -0.15) is 0 Å². The van der Waals surface area contributed by atoms with Crippen LogP contribution in [-0.2, 0) is 17.7 Å². The Bertz CT molecular complexity index is 328. The molecule has 4 heteroatoms. The van der Waals surface area contributed by atoms with Crippen LogP contribution in [0.5, 0.6) is 0 Å².